The Morgan fingerprint density at radius 3 is 2.25 bits per heavy atom. The van der Waals surface area contributed by atoms with Gasteiger partial charge < -0.3 is 4.74 Å². The first-order valence-electron chi connectivity index (χ1n) is 9.09. The monoisotopic (exact) mass is 390 g/mol. The second-order valence-electron chi connectivity index (χ2n) is 8.25. The van der Waals surface area contributed by atoms with Gasteiger partial charge in [0.25, 0.3) is 0 Å². The Morgan fingerprint density at radius 1 is 1.07 bits per heavy atom. The predicted molar refractivity (Wildman–Crippen MR) is 93.3 cm³/mol. The number of benzene rings is 1. The molecular formula is C20H17F3N2O3. The Hall–Kier alpha value is -2.48. The van der Waals surface area contributed by atoms with Crippen molar-refractivity contribution in [3.63, 3.8) is 0 Å². The number of halogens is 3. The van der Waals surface area contributed by atoms with Gasteiger partial charge in [0.15, 0.2) is 0 Å². The van der Waals surface area contributed by atoms with Gasteiger partial charge in [0.05, 0.1) is 39.8 Å². The summed E-state index contributed by atoms with van der Waals surface area (Å²) in [6, 6.07) is 4.56. The van der Waals surface area contributed by atoms with Crippen LogP contribution in [0.1, 0.15) is 32.3 Å². The summed E-state index contributed by atoms with van der Waals surface area (Å²) in [4.78, 5) is 31.6. The van der Waals surface area contributed by atoms with E-state index >= 15 is 0 Å². The highest BCUT2D eigenvalue weighted by atomic mass is 19.4. The highest BCUT2D eigenvalue weighted by molar-refractivity contribution is 6.25. The molecular weight excluding hydrogens is 373 g/mol. The maximum absolute atomic E-state index is 13.2. The first-order chi connectivity index (χ1) is 13.1. The molecule has 146 valence electrons. The van der Waals surface area contributed by atoms with Crippen LogP contribution in [0.4, 0.5) is 18.9 Å². The molecule has 0 radical (unpaired) electrons. The second-order valence-corrected chi connectivity index (χ2v) is 8.25. The smallest absolute Gasteiger partial charge is 0.367 e. The molecule has 2 bridgehead atoms. The number of pyridine rings is 1. The van der Waals surface area contributed by atoms with Gasteiger partial charge in [0.2, 0.25) is 11.8 Å². The van der Waals surface area contributed by atoms with E-state index < -0.39 is 46.6 Å². The lowest BCUT2D eigenvalue weighted by atomic mass is 9.69. The molecule has 3 aliphatic rings. The Labute approximate surface area is 158 Å². The third-order valence-electron chi connectivity index (χ3n) is 6.49. The molecule has 3 aliphatic heterocycles. The van der Waals surface area contributed by atoms with Gasteiger partial charge in [-0.2, -0.15) is 13.2 Å². The van der Waals surface area contributed by atoms with Crippen molar-refractivity contribution in [1.29, 1.82) is 0 Å². The number of imide groups is 1. The van der Waals surface area contributed by atoms with E-state index in [0.717, 1.165) is 17.0 Å². The second kappa shape index (κ2) is 5.11. The molecule has 8 heteroatoms. The number of aromatic nitrogens is 1. The molecule has 2 aromatic rings. The molecule has 0 spiro atoms. The van der Waals surface area contributed by atoms with Gasteiger partial charge in [0.1, 0.15) is 0 Å². The van der Waals surface area contributed by atoms with Crippen molar-refractivity contribution in [2.45, 2.75) is 44.1 Å². The van der Waals surface area contributed by atoms with Crippen molar-refractivity contribution < 1.29 is 27.5 Å². The molecule has 1 aromatic carbocycles. The molecule has 0 aliphatic carbocycles. The number of carbonyl (C=O) groups excluding carboxylic acids is 2. The lowest BCUT2D eigenvalue weighted by molar-refractivity contribution is -0.137. The van der Waals surface area contributed by atoms with Gasteiger partial charge in [0, 0.05) is 11.6 Å². The summed E-state index contributed by atoms with van der Waals surface area (Å²) in [5, 5.41) is 0.127. The summed E-state index contributed by atoms with van der Waals surface area (Å²) >= 11 is 0. The Morgan fingerprint density at radius 2 is 1.68 bits per heavy atom. The fourth-order valence-electron chi connectivity index (χ4n) is 5.21. The number of anilines is 1. The number of fused-ring (bicyclic) bond motifs is 6. The average Bonchev–Trinajstić information content (AvgIpc) is 3.17. The van der Waals surface area contributed by atoms with E-state index in [9.17, 15) is 22.8 Å². The number of hydrogen-bond acceptors (Lipinski definition) is 4. The summed E-state index contributed by atoms with van der Waals surface area (Å²) in [5.41, 5.74) is -1.86. The first-order valence-corrected chi connectivity index (χ1v) is 9.09. The number of carbonyl (C=O) groups is 2. The standard InChI is InChI=1S/C20H17F3N2O3/c1-18-6-7-19(2,28-18)15-14(18)16(26)25(17(15)27)13-5-8-24-12-4-3-10(9-11(12)13)20(21,22)23/h3-5,8-9,14-15H,6-7H2,1-2H3. The lowest BCUT2D eigenvalue weighted by Crippen LogP contribution is -2.40. The maximum atomic E-state index is 13.2. The molecule has 5 nitrogen and oxygen atoms in total. The third kappa shape index (κ3) is 2.09. The van der Waals surface area contributed by atoms with Crippen molar-refractivity contribution in [3.05, 3.63) is 36.0 Å². The van der Waals surface area contributed by atoms with Crippen LogP contribution in [0.25, 0.3) is 10.9 Å². The minimum absolute atomic E-state index is 0.127. The first kappa shape index (κ1) is 17.6. The molecule has 4 atom stereocenters. The number of ether oxygens (including phenoxy) is 1. The van der Waals surface area contributed by atoms with Crippen molar-refractivity contribution in [2.24, 2.45) is 11.8 Å². The normalized spacial score (nSPS) is 34.5. The molecule has 3 fully saturated rings. The number of hydrogen-bond donors (Lipinski definition) is 0. The Kier molecular flexibility index (Phi) is 3.21. The minimum atomic E-state index is -4.54. The fraction of sp³-hybridized carbons (Fsp3) is 0.450. The summed E-state index contributed by atoms with van der Waals surface area (Å²) in [6.07, 6.45) is -1.79. The number of alkyl halides is 3. The van der Waals surface area contributed by atoms with Gasteiger partial charge in [-0.1, -0.05) is 0 Å². The summed E-state index contributed by atoms with van der Waals surface area (Å²) in [5.74, 6) is -2.06. The molecule has 2 amide bonds. The van der Waals surface area contributed by atoms with Crippen LogP contribution < -0.4 is 4.90 Å². The van der Waals surface area contributed by atoms with Crippen LogP contribution in [0.15, 0.2) is 30.5 Å². The molecule has 28 heavy (non-hydrogen) atoms. The maximum Gasteiger partial charge on any atom is 0.416 e. The SMILES string of the molecule is CC12CCC(C)(O1)C1C(=O)N(c3ccnc4ccc(C(F)(F)F)cc34)C(=O)C12. The topological polar surface area (TPSA) is 59.5 Å². The zero-order chi connectivity index (χ0) is 20.1. The zero-order valence-electron chi connectivity index (χ0n) is 15.2. The lowest BCUT2D eigenvalue weighted by Gasteiger charge is -2.27. The number of rotatable bonds is 1. The Bertz CT molecular complexity index is 1020. The number of nitrogens with zero attached hydrogens (tertiary/aromatic N) is 2. The minimum Gasteiger partial charge on any atom is -0.367 e. The van der Waals surface area contributed by atoms with Gasteiger partial charge >= 0.3 is 6.18 Å². The van der Waals surface area contributed by atoms with Gasteiger partial charge in [-0.15, -0.1) is 0 Å². The molecule has 4 unspecified atom stereocenters. The molecule has 5 rings (SSSR count). The van der Waals surface area contributed by atoms with Gasteiger partial charge in [-0.05, 0) is 51.0 Å². The quantitative estimate of drug-likeness (QED) is 0.697. The van der Waals surface area contributed by atoms with Crippen LogP contribution in [-0.4, -0.2) is 28.0 Å². The van der Waals surface area contributed by atoms with Crippen LogP contribution in [0, 0.1) is 11.8 Å². The molecule has 3 saturated heterocycles. The predicted octanol–water partition coefficient (Wildman–Crippen LogP) is 3.70. The molecule has 0 saturated carbocycles. The number of amides is 2. The van der Waals surface area contributed by atoms with Gasteiger partial charge in [-0.3, -0.25) is 14.6 Å². The van der Waals surface area contributed by atoms with E-state index in [1.807, 2.05) is 13.8 Å². The van der Waals surface area contributed by atoms with E-state index in [0.29, 0.717) is 18.4 Å². The van der Waals surface area contributed by atoms with Crippen molar-refractivity contribution >= 4 is 28.4 Å². The average molecular weight is 390 g/mol. The van der Waals surface area contributed by atoms with Crippen molar-refractivity contribution in [2.75, 3.05) is 4.90 Å². The van der Waals surface area contributed by atoms with E-state index in [1.165, 1.54) is 18.3 Å². The van der Waals surface area contributed by atoms with Crippen LogP contribution in [0.3, 0.4) is 0 Å². The largest absolute Gasteiger partial charge is 0.416 e. The van der Waals surface area contributed by atoms with E-state index in [-0.39, 0.29) is 11.1 Å². The van der Waals surface area contributed by atoms with Gasteiger partial charge in [-0.25, -0.2) is 4.90 Å². The van der Waals surface area contributed by atoms with E-state index in [2.05, 4.69) is 4.98 Å². The third-order valence-corrected chi connectivity index (χ3v) is 6.49. The van der Waals surface area contributed by atoms with Crippen LogP contribution in [0.5, 0.6) is 0 Å². The molecule has 0 N–H and O–H groups in total. The Balaban J connectivity index is 1.67. The van der Waals surface area contributed by atoms with E-state index in [4.69, 9.17) is 4.74 Å². The molecule has 4 heterocycles. The van der Waals surface area contributed by atoms with Crippen LogP contribution in [-0.2, 0) is 20.5 Å². The van der Waals surface area contributed by atoms with E-state index in [1.54, 1.807) is 0 Å². The summed E-state index contributed by atoms with van der Waals surface area (Å²) in [7, 11) is 0. The summed E-state index contributed by atoms with van der Waals surface area (Å²) < 4.78 is 45.6. The van der Waals surface area contributed by atoms with Crippen LogP contribution in [0.2, 0.25) is 0 Å². The highest BCUT2D eigenvalue weighted by Gasteiger charge is 2.72. The van der Waals surface area contributed by atoms with Crippen molar-refractivity contribution in [1.82, 2.24) is 4.98 Å². The van der Waals surface area contributed by atoms with Crippen LogP contribution >= 0.6 is 0 Å². The zero-order valence-corrected chi connectivity index (χ0v) is 15.2. The highest BCUT2D eigenvalue weighted by Crippen LogP contribution is 2.61. The fourth-order valence-corrected chi connectivity index (χ4v) is 5.21. The van der Waals surface area contributed by atoms with Crippen molar-refractivity contribution in [3.8, 4) is 0 Å². The molecule has 1 aromatic heterocycles. The summed E-state index contributed by atoms with van der Waals surface area (Å²) in [6.45, 7) is 3.67.